The normalized spacial score (nSPS) is 12.1. The van der Waals surface area contributed by atoms with Crippen molar-refractivity contribution >= 4 is 6.03 Å². The number of aryl methyl sites for hydroxylation is 1. The van der Waals surface area contributed by atoms with Crippen LogP contribution in [0.25, 0.3) is 5.82 Å². The minimum absolute atomic E-state index is 0.160. The zero-order chi connectivity index (χ0) is 19.5. The van der Waals surface area contributed by atoms with Gasteiger partial charge in [0.2, 0.25) is 6.79 Å². The number of carbonyl (C=O) groups excluding carboxylic acids is 1. The van der Waals surface area contributed by atoms with Crippen LogP contribution in [-0.4, -0.2) is 39.3 Å². The summed E-state index contributed by atoms with van der Waals surface area (Å²) in [7, 11) is 1.75. The molecule has 0 atom stereocenters. The van der Waals surface area contributed by atoms with Gasteiger partial charge >= 0.3 is 6.03 Å². The predicted octanol–water partition coefficient (Wildman–Crippen LogP) is 2.65. The molecule has 1 aliphatic heterocycles. The van der Waals surface area contributed by atoms with E-state index in [0.29, 0.717) is 18.8 Å². The van der Waals surface area contributed by atoms with Crippen molar-refractivity contribution in [1.82, 2.24) is 24.8 Å². The molecule has 1 aromatic carbocycles. The van der Waals surface area contributed by atoms with Crippen LogP contribution < -0.4 is 14.8 Å². The lowest BCUT2D eigenvalue weighted by Gasteiger charge is -2.18. The number of fused-ring (bicyclic) bond motifs is 1. The van der Waals surface area contributed by atoms with Crippen molar-refractivity contribution in [3.63, 3.8) is 0 Å². The second-order valence-corrected chi connectivity index (χ2v) is 6.57. The highest BCUT2D eigenvalue weighted by atomic mass is 16.7. The SMILES string of the molecule is Cc1nccn1-c1ccc(CNC(=O)N(C)Cc2ccc3c(c2)OCO3)cn1. The van der Waals surface area contributed by atoms with Gasteiger partial charge in [-0.1, -0.05) is 12.1 Å². The number of rotatable bonds is 5. The van der Waals surface area contributed by atoms with Crippen LogP contribution in [0.4, 0.5) is 4.79 Å². The van der Waals surface area contributed by atoms with Crippen molar-refractivity contribution in [3.05, 3.63) is 65.9 Å². The third-order valence-corrected chi connectivity index (χ3v) is 4.53. The van der Waals surface area contributed by atoms with Gasteiger partial charge in [0.15, 0.2) is 11.5 Å². The fraction of sp³-hybridized carbons (Fsp3) is 0.250. The highest BCUT2D eigenvalue weighted by molar-refractivity contribution is 5.73. The molecule has 0 unspecified atom stereocenters. The van der Waals surface area contributed by atoms with Gasteiger partial charge in [-0.2, -0.15) is 0 Å². The first-order chi connectivity index (χ1) is 13.6. The zero-order valence-electron chi connectivity index (χ0n) is 15.8. The summed E-state index contributed by atoms with van der Waals surface area (Å²) < 4.78 is 12.6. The fourth-order valence-electron chi connectivity index (χ4n) is 2.98. The number of ether oxygens (including phenoxy) is 2. The van der Waals surface area contributed by atoms with Crippen molar-refractivity contribution < 1.29 is 14.3 Å². The fourth-order valence-corrected chi connectivity index (χ4v) is 2.98. The third-order valence-electron chi connectivity index (χ3n) is 4.53. The van der Waals surface area contributed by atoms with Gasteiger partial charge in [-0.15, -0.1) is 0 Å². The second-order valence-electron chi connectivity index (χ2n) is 6.57. The number of urea groups is 1. The smallest absolute Gasteiger partial charge is 0.317 e. The lowest BCUT2D eigenvalue weighted by molar-refractivity contribution is 0.174. The van der Waals surface area contributed by atoms with Crippen LogP contribution in [0.2, 0.25) is 0 Å². The summed E-state index contributed by atoms with van der Waals surface area (Å²) in [6.07, 6.45) is 5.36. The van der Waals surface area contributed by atoms with E-state index in [-0.39, 0.29) is 12.8 Å². The minimum atomic E-state index is -0.160. The van der Waals surface area contributed by atoms with Crippen molar-refractivity contribution in [1.29, 1.82) is 0 Å². The molecular weight excluding hydrogens is 358 g/mol. The molecule has 2 amide bonds. The quantitative estimate of drug-likeness (QED) is 0.737. The van der Waals surface area contributed by atoms with Gasteiger partial charge in [0.1, 0.15) is 11.6 Å². The maximum Gasteiger partial charge on any atom is 0.317 e. The molecule has 4 rings (SSSR count). The second kappa shape index (κ2) is 7.59. The Hall–Kier alpha value is -3.55. The Morgan fingerprint density at radius 1 is 1.18 bits per heavy atom. The van der Waals surface area contributed by atoms with E-state index in [2.05, 4.69) is 15.3 Å². The summed E-state index contributed by atoms with van der Waals surface area (Å²) in [6.45, 7) is 3.04. The molecule has 0 bridgehead atoms. The largest absolute Gasteiger partial charge is 0.454 e. The number of aromatic nitrogens is 3. The molecule has 0 aliphatic carbocycles. The van der Waals surface area contributed by atoms with Crippen LogP contribution in [0.3, 0.4) is 0 Å². The molecule has 1 N–H and O–H groups in total. The van der Waals surface area contributed by atoms with E-state index in [1.807, 2.05) is 48.0 Å². The first-order valence-electron chi connectivity index (χ1n) is 8.93. The molecule has 2 aromatic heterocycles. The number of hydrogen-bond acceptors (Lipinski definition) is 5. The molecule has 1 aliphatic rings. The highest BCUT2D eigenvalue weighted by Crippen LogP contribution is 2.32. The van der Waals surface area contributed by atoms with Crippen molar-refractivity contribution in [3.8, 4) is 17.3 Å². The summed E-state index contributed by atoms with van der Waals surface area (Å²) in [6, 6.07) is 9.38. The van der Waals surface area contributed by atoms with Crippen LogP contribution in [0.1, 0.15) is 17.0 Å². The molecular formula is C20H21N5O3. The molecule has 144 valence electrons. The maximum atomic E-state index is 12.4. The van der Waals surface area contributed by atoms with Crippen LogP contribution in [0.5, 0.6) is 11.5 Å². The first-order valence-corrected chi connectivity index (χ1v) is 8.93. The highest BCUT2D eigenvalue weighted by Gasteiger charge is 2.15. The van der Waals surface area contributed by atoms with Gasteiger partial charge in [-0.3, -0.25) is 4.57 Å². The summed E-state index contributed by atoms with van der Waals surface area (Å²) in [5.74, 6) is 3.12. The van der Waals surface area contributed by atoms with E-state index in [9.17, 15) is 4.79 Å². The molecule has 0 saturated carbocycles. The Balaban J connectivity index is 1.32. The number of pyridine rings is 1. The van der Waals surface area contributed by atoms with E-state index in [1.54, 1.807) is 24.3 Å². The molecule has 0 saturated heterocycles. The monoisotopic (exact) mass is 379 g/mol. The molecule has 0 radical (unpaired) electrons. The minimum Gasteiger partial charge on any atom is -0.454 e. The molecule has 3 aromatic rings. The Kier molecular flexibility index (Phi) is 4.84. The van der Waals surface area contributed by atoms with Gasteiger partial charge in [0, 0.05) is 38.7 Å². The van der Waals surface area contributed by atoms with E-state index < -0.39 is 0 Å². The lowest BCUT2D eigenvalue weighted by Crippen LogP contribution is -2.36. The van der Waals surface area contributed by atoms with Gasteiger partial charge < -0.3 is 19.7 Å². The van der Waals surface area contributed by atoms with Gasteiger partial charge in [0.05, 0.1) is 0 Å². The molecule has 28 heavy (non-hydrogen) atoms. The molecule has 8 heteroatoms. The Bertz CT molecular complexity index is 984. The average molecular weight is 379 g/mol. The van der Waals surface area contributed by atoms with E-state index in [0.717, 1.165) is 28.5 Å². The average Bonchev–Trinajstić information content (AvgIpc) is 3.34. The summed E-state index contributed by atoms with van der Waals surface area (Å²) in [5, 5.41) is 2.91. The van der Waals surface area contributed by atoms with Crippen molar-refractivity contribution in [2.45, 2.75) is 20.0 Å². The number of benzene rings is 1. The zero-order valence-corrected chi connectivity index (χ0v) is 15.8. The van der Waals surface area contributed by atoms with Crippen LogP contribution in [-0.2, 0) is 13.1 Å². The van der Waals surface area contributed by atoms with E-state index in [1.165, 1.54) is 0 Å². The van der Waals surface area contributed by atoms with Gasteiger partial charge in [-0.25, -0.2) is 14.8 Å². The number of hydrogen-bond donors (Lipinski definition) is 1. The number of imidazole rings is 1. The van der Waals surface area contributed by atoms with Crippen LogP contribution >= 0.6 is 0 Å². The van der Waals surface area contributed by atoms with E-state index >= 15 is 0 Å². The molecule has 8 nitrogen and oxygen atoms in total. The van der Waals surface area contributed by atoms with Crippen molar-refractivity contribution in [2.24, 2.45) is 0 Å². The lowest BCUT2D eigenvalue weighted by atomic mass is 10.2. The number of amides is 2. The maximum absolute atomic E-state index is 12.4. The Labute approximate surface area is 162 Å². The van der Waals surface area contributed by atoms with Crippen LogP contribution in [0.15, 0.2) is 48.9 Å². The topological polar surface area (TPSA) is 81.5 Å². The van der Waals surface area contributed by atoms with Gasteiger partial charge in [-0.05, 0) is 36.2 Å². The summed E-state index contributed by atoms with van der Waals surface area (Å²) in [4.78, 5) is 22.6. The van der Waals surface area contributed by atoms with Crippen LogP contribution in [0, 0.1) is 6.92 Å². The summed E-state index contributed by atoms with van der Waals surface area (Å²) in [5.41, 5.74) is 1.90. The van der Waals surface area contributed by atoms with Crippen molar-refractivity contribution in [2.75, 3.05) is 13.8 Å². The molecule has 0 spiro atoms. The molecule has 3 heterocycles. The number of carbonyl (C=O) groups is 1. The first kappa shape index (κ1) is 17.8. The summed E-state index contributed by atoms with van der Waals surface area (Å²) >= 11 is 0. The third kappa shape index (κ3) is 3.75. The number of nitrogens with one attached hydrogen (secondary N) is 1. The number of nitrogens with zero attached hydrogens (tertiary/aromatic N) is 4. The standard InChI is InChI=1S/C20H21N5O3/c1-14-21-7-8-25(14)19-6-4-16(10-22-19)11-23-20(26)24(2)12-15-3-5-17-18(9-15)28-13-27-17/h3-10H,11-13H2,1-2H3,(H,23,26). The van der Waals surface area contributed by atoms with E-state index in [4.69, 9.17) is 9.47 Å². The predicted molar refractivity (Wildman–Crippen MR) is 102 cm³/mol. The Morgan fingerprint density at radius 2 is 2.00 bits per heavy atom. The Morgan fingerprint density at radius 3 is 2.75 bits per heavy atom. The van der Waals surface area contributed by atoms with Gasteiger partial charge in [0.25, 0.3) is 0 Å². The molecule has 0 fully saturated rings.